The van der Waals surface area contributed by atoms with Crippen molar-refractivity contribution >= 4 is 11.6 Å². The smallest absolute Gasteiger partial charge is 0.261 e. The molecule has 0 radical (unpaired) electrons. The van der Waals surface area contributed by atoms with E-state index < -0.39 is 50.2 Å². The van der Waals surface area contributed by atoms with Gasteiger partial charge >= 0.3 is 0 Å². The van der Waals surface area contributed by atoms with Gasteiger partial charge in [0.25, 0.3) is 6.43 Å². The maximum atomic E-state index is 12.0. The first-order valence-electron chi connectivity index (χ1n) is 10.5. The number of hydrogen-bond donors (Lipinski definition) is 4. The van der Waals surface area contributed by atoms with Gasteiger partial charge in [-0.2, -0.15) is 0 Å². The van der Waals surface area contributed by atoms with Crippen LogP contribution in [0.4, 0.5) is 8.78 Å². The number of rotatable bonds is 10. The Bertz CT molecular complexity index is 882. The van der Waals surface area contributed by atoms with E-state index in [0.717, 1.165) is 11.1 Å². The van der Waals surface area contributed by atoms with Gasteiger partial charge in [-0.05, 0) is 41.3 Å². The minimum absolute atomic E-state index is 0.0619. The van der Waals surface area contributed by atoms with Crippen molar-refractivity contribution in [1.29, 1.82) is 0 Å². The highest BCUT2D eigenvalue weighted by molar-refractivity contribution is 6.31. The summed E-state index contributed by atoms with van der Waals surface area (Å²) in [4.78, 5) is 0. The van der Waals surface area contributed by atoms with E-state index in [2.05, 4.69) is 0 Å². The van der Waals surface area contributed by atoms with E-state index in [1.165, 1.54) is 0 Å². The fourth-order valence-electron chi connectivity index (χ4n) is 3.60. The second kappa shape index (κ2) is 12.0. The van der Waals surface area contributed by atoms with Crippen LogP contribution in [0.1, 0.15) is 22.8 Å². The Balaban J connectivity index is 1.64. The van der Waals surface area contributed by atoms with E-state index in [4.69, 9.17) is 25.8 Å². The van der Waals surface area contributed by atoms with Crippen molar-refractivity contribution in [2.75, 3.05) is 26.4 Å². The molecule has 0 amide bonds. The molecule has 33 heavy (non-hydrogen) atoms. The van der Waals surface area contributed by atoms with Crippen molar-refractivity contribution in [2.45, 2.75) is 43.4 Å². The third-order valence-electron chi connectivity index (χ3n) is 5.35. The molecule has 0 saturated carbocycles. The van der Waals surface area contributed by atoms with Crippen LogP contribution in [-0.2, 0) is 15.9 Å². The standard InChI is InChI=1S/C23H27ClF2O7/c24-17-6-3-14(23-22(30)21(29)20(28)18(11-27)33-23)10-15(17)9-13-1-4-16(5-2-13)32-8-7-31-12-19(25)26/h1-6,10,18-23,27-30H,7-9,11-12H2/t18-,20-,21+,22-,23+/m1/s1. The van der Waals surface area contributed by atoms with Crippen molar-refractivity contribution in [3.63, 3.8) is 0 Å². The summed E-state index contributed by atoms with van der Waals surface area (Å²) < 4.78 is 39.9. The number of aliphatic hydroxyl groups is 4. The van der Waals surface area contributed by atoms with Gasteiger partial charge < -0.3 is 34.6 Å². The maximum absolute atomic E-state index is 12.0. The van der Waals surface area contributed by atoms with Gasteiger partial charge in [0, 0.05) is 5.02 Å². The average Bonchev–Trinajstić information content (AvgIpc) is 2.80. The zero-order valence-electron chi connectivity index (χ0n) is 17.7. The summed E-state index contributed by atoms with van der Waals surface area (Å²) in [5.41, 5.74) is 2.22. The predicted molar refractivity (Wildman–Crippen MR) is 116 cm³/mol. The summed E-state index contributed by atoms with van der Waals surface area (Å²) in [6, 6.07) is 12.2. The van der Waals surface area contributed by atoms with Crippen molar-refractivity contribution < 1.29 is 43.4 Å². The monoisotopic (exact) mass is 488 g/mol. The van der Waals surface area contributed by atoms with Gasteiger partial charge in [0.1, 0.15) is 49.5 Å². The first-order valence-corrected chi connectivity index (χ1v) is 10.8. The summed E-state index contributed by atoms with van der Waals surface area (Å²) >= 11 is 6.36. The predicted octanol–water partition coefficient (Wildman–Crippen LogP) is 2.11. The lowest BCUT2D eigenvalue weighted by molar-refractivity contribution is -0.231. The average molecular weight is 489 g/mol. The van der Waals surface area contributed by atoms with Crippen molar-refractivity contribution in [3.8, 4) is 5.75 Å². The molecule has 0 unspecified atom stereocenters. The highest BCUT2D eigenvalue weighted by atomic mass is 35.5. The first-order chi connectivity index (χ1) is 15.8. The van der Waals surface area contributed by atoms with Gasteiger partial charge in [-0.15, -0.1) is 0 Å². The molecule has 1 aliphatic heterocycles. The van der Waals surface area contributed by atoms with Crippen LogP contribution in [0.15, 0.2) is 42.5 Å². The topological polar surface area (TPSA) is 109 Å². The van der Waals surface area contributed by atoms with Crippen LogP contribution in [0.3, 0.4) is 0 Å². The number of halogens is 3. The van der Waals surface area contributed by atoms with E-state index in [1.54, 1.807) is 30.3 Å². The summed E-state index contributed by atoms with van der Waals surface area (Å²) in [6.07, 6.45) is -8.26. The zero-order valence-corrected chi connectivity index (χ0v) is 18.4. The Morgan fingerprint density at radius 3 is 2.36 bits per heavy atom. The van der Waals surface area contributed by atoms with Gasteiger partial charge in [-0.25, -0.2) is 8.78 Å². The molecule has 0 spiro atoms. The number of ether oxygens (including phenoxy) is 3. The Morgan fingerprint density at radius 2 is 1.70 bits per heavy atom. The maximum Gasteiger partial charge on any atom is 0.261 e. The second-order valence-corrected chi connectivity index (χ2v) is 8.14. The molecule has 7 nitrogen and oxygen atoms in total. The molecule has 4 N–H and O–H groups in total. The number of hydrogen-bond acceptors (Lipinski definition) is 7. The highest BCUT2D eigenvalue weighted by Crippen LogP contribution is 2.34. The molecule has 0 bridgehead atoms. The fourth-order valence-corrected chi connectivity index (χ4v) is 3.78. The van der Waals surface area contributed by atoms with Crippen LogP contribution in [0, 0.1) is 0 Å². The Hall–Kier alpha value is -1.85. The summed E-state index contributed by atoms with van der Waals surface area (Å²) in [5, 5.41) is 40.3. The normalized spacial score (nSPS) is 25.4. The van der Waals surface area contributed by atoms with E-state index in [0.29, 0.717) is 22.8 Å². The molecule has 1 aliphatic rings. The lowest BCUT2D eigenvalue weighted by Gasteiger charge is -2.40. The van der Waals surface area contributed by atoms with Gasteiger partial charge in [-0.3, -0.25) is 0 Å². The van der Waals surface area contributed by atoms with Crippen LogP contribution in [0.5, 0.6) is 5.75 Å². The lowest BCUT2D eigenvalue weighted by Crippen LogP contribution is -2.55. The van der Waals surface area contributed by atoms with E-state index in [1.807, 2.05) is 12.1 Å². The fraction of sp³-hybridized carbons (Fsp3) is 0.478. The number of benzene rings is 2. The van der Waals surface area contributed by atoms with Crippen LogP contribution in [0.25, 0.3) is 0 Å². The van der Waals surface area contributed by atoms with Gasteiger partial charge in [-0.1, -0.05) is 35.9 Å². The van der Waals surface area contributed by atoms with Gasteiger partial charge in [0.05, 0.1) is 13.2 Å². The molecular weight excluding hydrogens is 462 g/mol. The van der Waals surface area contributed by atoms with Crippen LogP contribution in [0.2, 0.25) is 5.02 Å². The van der Waals surface area contributed by atoms with Crippen molar-refractivity contribution in [3.05, 3.63) is 64.2 Å². The minimum atomic E-state index is -2.50. The highest BCUT2D eigenvalue weighted by Gasteiger charge is 2.44. The van der Waals surface area contributed by atoms with E-state index in [-0.39, 0.29) is 13.2 Å². The molecule has 5 atom stereocenters. The molecular formula is C23H27ClF2O7. The van der Waals surface area contributed by atoms with Crippen LogP contribution >= 0.6 is 11.6 Å². The largest absolute Gasteiger partial charge is 0.491 e. The third kappa shape index (κ3) is 6.83. The van der Waals surface area contributed by atoms with Crippen molar-refractivity contribution in [1.82, 2.24) is 0 Å². The Morgan fingerprint density at radius 1 is 0.970 bits per heavy atom. The minimum Gasteiger partial charge on any atom is -0.491 e. The summed E-state index contributed by atoms with van der Waals surface area (Å²) in [7, 11) is 0. The molecule has 3 rings (SSSR count). The molecule has 1 saturated heterocycles. The van der Waals surface area contributed by atoms with Gasteiger partial charge in [0.2, 0.25) is 0 Å². The zero-order chi connectivity index (χ0) is 24.0. The molecule has 2 aromatic rings. The van der Waals surface area contributed by atoms with E-state index >= 15 is 0 Å². The third-order valence-corrected chi connectivity index (χ3v) is 5.72. The summed E-state index contributed by atoms with van der Waals surface area (Å²) in [6.45, 7) is -0.911. The van der Waals surface area contributed by atoms with Crippen LogP contribution in [-0.4, -0.2) is 77.7 Å². The molecule has 2 aromatic carbocycles. The second-order valence-electron chi connectivity index (χ2n) is 7.74. The molecule has 10 heteroatoms. The van der Waals surface area contributed by atoms with E-state index in [9.17, 15) is 29.2 Å². The molecule has 0 aromatic heterocycles. The van der Waals surface area contributed by atoms with Crippen LogP contribution < -0.4 is 4.74 Å². The molecule has 182 valence electrons. The molecule has 1 heterocycles. The quantitative estimate of drug-likeness (QED) is 0.379. The molecule has 0 aliphatic carbocycles. The van der Waals surface area contributed by atoms with Gasteiger partial charge in [0.15, 0.2) is 0 Å². The lowest BCUT2D eigenvalue weighted by atomic mass is 9.90. The summed E-state index contributed by atoms with van der Waals surface area (Å²) in [5.74, 6) is 0.570. The number of aliphatic hydroxyl groups excluding tert-OH is 4. The molecule has 1 fully saturated rings. The first kappa shape index (κ1) is 25.8. The Labute approximate surface area is 195 Å². The number of alkyl halides is 2. The van der Waals surface area contributed by atoms with Crippen molar-refractivity contribution in [2.24, 2.45) is 0 Å². The Kier molecular flexibility index (Phi) is 9.39. The SMILES string of the molecule is OC[C@H]1O[C@@H](c2ccc(Cl)c(Cc3ccc(OCCOCC(F)F)cc3)c2)[C@H](O)[C@@H](O)[C@@H]1O.